The lowest BCUT2D eigenvalue weighted by molar-refractivity contribution is 0.746. The smallest absolute Gasteiger partial charge is 0.0451 e. The van der Waals surface area contributed by atoms with E-state index in [0.29, 0.717) is 11.2 Å². The van der Waals surface area contributed by atoms with Gasteiger partial charge in [-0.15, -0.1) is 11.8 Å². The van der Waals surface area contributed by atoms with Gasteiger partial charge in [-0.05, 0) is 94.5 Å². The molecule has 3 aliphatic rings. The number of hydrogen-bond donors (Lipinski definition) is 0. The molecule has 1 heterocycles. The predicted molar refractivity (Wildman–Crippen MR) is 188 cm³/mol. The van der Waals surface area contributed by atoms with Gasteiger partial charge < -0.3 is 0 Å². The SMILES string of the molecule is C1=C[C@H]2C3=C(C=CCC3)SC2C(c2c3ccccc3c(-c3ccc4ccc5cccc6ccc3c4c56)c3ccccc23)=C1. The molecule has 0 radical (unpaired) electrons. The molecule has 0 nitrogen and oxygen atoms in total. The van der Waals surface area contributed by atoms with Crippen LogP contribution in [-0.2, 0) is 0 Å². The number of benzene rings is 7. The first-order chi connectivity index (χ1) is 21.3. The summed E-state index contributed by atoms with van der Waals surface area (Å²) in [7, 11) is 0. The summed E-state index contributed by atoms with van der Waals surface area (Å²) in [6.07, 6.45) is 14.3. The maximum absolute atomic E-state index is 2.45. The molecule has 7 aromatic carbocycles. The summed E-state index contributed by atoms with van der Waals surface area (Å²) >= 11 is 2.08. The molecule has 0 fully saturated rings. The summed E-state index contributed by atoms with van der Waals surface area (Å²) in [5.74, 6) is 0.486. The highest BCUT2D eigenvalue weighted by atomic mass is 32.2. The van der Waals surface area contributed by atoms with Crippen LogP contribution in [0.25, 0.3) is 70.6 Å². The van der Waals surface area contributed by atoms with Crippen molar-refractivity contribution in [3.63, 3.8) is 0 Å². The number of thioether (sulfide) groups is 1. The molecule has 0 spiro atoms. The first-order valence-corrected chi connectivity index (χ1v) is 16.3. The third-order valence-electron chi connectivity index (χ3n) is 10.1. The summed E-state index contributed by atoms with van der Waals surface area (Å²) in [5, 5.41) is 13.8. The lowest BCUT2D eigenvalue weighted by atomic mass is 9.78. The van der Waals surface area contributed by atoms with E-state index in [2.05, 4.69) is 145 Å². The van der Waals surface area contributed by atoms with E-state index >= 15 is 0 Å². The number of hydrogen-bond acceptors (Lipinski definition) is 1. The fraction of sp³-hybridized carbons (Fsp3) is 0.0952. The maximum atomic E-state index is 2.45. The van der Waals surface area contributed by atoms with Crippen molar-refractivity contribution in [1.82, 2.24) is 0 Å². The highest BCUT2D eigenvalue weighted by molar-refractivity contribution is 8.04. The second-order valence-corrected chi connectivity index (χ2v) is 13.4. The first-order valence-electron chi connectivity index (χ1n) is 15.4. The van der Waals surface area contributed by atoms with Crippen molar-refractivity contribution in [2.75, 3.05) is 0 Å². The Balaban J connectivity index is 1.28. The van der Waals surface area contributed by atoms with Crippen LogP contribution in [0.15, 0.2) is 144 Å². The van der Waals surface area contributed by atoms with Crippen LogP contribution in [0.2, 0.25) is 0 Å². The molecule has 2 aliphatic carbocycles. The van der Waals surface area contributed by atoms with Crippen LogP contribution >= 0.6 is 11.8 Å². The van der Waals surface area contributed by atoms with Crippen LogP contribution in [0.1, 0.15) is 18.4 Å². The Bertz CT molecular complexity index is 2360. The summed E-state index contributed by atoms with van der Waals surface area (Å²) < 4.78 is 0. The Labute approximate surface area is 255 Å². The van der Waals surface area contributed by atoms with Gasteiger partial charge in [-0.2, -0.15) is 0 Å². The van der Waals surface area contributed by atoms with E-state index in [9.17, 15) is 0 Å². The standard InChI is InChI=1S/C42H28S/c1-3-14-31-29(12-1)40(34-24-22-27-20-19-25-9-7-10-26-21-23-33(34)39(27)38(25)26)30-13-2-4-15-32(30)41(31)36-17-8-16-35-28-11-5-6-18-37(28)43-42(35)36/h1-4,6-10,12-24,35,42H,5,11H2/t35-,42?/m0/s1. The van der Waals surface area contributed by atoms with E-state index in [4.69, 9.17) is 0 Å². The molecule has 202 valence electrons. The van der Waals surface area contributed by atoms with Crippen molar-refractivity contribution in [1.29, 1.82) is 0 Å². The van der Waals surface area contributed by atoms with Crippen molar-refractivity contribution in [3.8, 4) is 11.1 Å². The Hall–Kier alpha value is -4.59. The number of rotatable bonds is 2. The third-order valence-corrected chi connectivity index (χ3v) is 11.5. The molecule has 2 atom stereocenters. The second kappa shape index (κ2) is 8.96. The highest BCUT2D eigenvalue weighted by Crippen LogP contribution is 2.55. The Morgan fingerprint density at radius 3 is 1.98 bits per heavy atom. The minimum absolute atomic E-state index is 0.421. The van der Waals surface area contributed by atoms with Crippen LogP contribution in [0.3, 0.4) is 0 Å². The predicted octanol–water partition coefficient (Wildman–Crippen LogP) is 11.8. The van der Waals surface area contributed by atoms with E-state index in [-0.39, 0.29) is 0 Å². The maximum Gasteiger partial charge on any atom is 0.0451 e. The van der Waals surface area contributed by atoms with E-state index < -0.39 is 0 Å². The largest absolute Gasteiger partial charge is 0.117 e. The van der Waals surface area contributed by atoms with Crippen LogP contribution in [0.4, 0.5) is 0 Å². The molecule has 0 saturated carbocycles. The van der Waals surface area contributed by atoms with Gasteiger partial charge in [0.1, 0.15) is 0 Å². The molecule has 7 aromatic rings. The third kappa shape index (κ3) is 3.29. The van der Waals surface area contributed by atoms with Gasteiger partial charge in [-0.1, -0.05) is 134 Å². The Kier molecular flexibility index (Phi) is 4.98. The normalized spacial score (nSPS) is 19.7. The van der Waals surface area contributed by atoms with Gasteiger partial charge in [-0.25, -0.2) is 0 Å². The number of fused-ring (bicyclic) bond motifs is 4. The van der Waals surface area contributed by atoms with Gasteiger partial charge in [-0.3, -0.25) is 0 Å². The van der Waals surface area contributed by atoms with Gasteiger partial charge in [0.25, 0.3) is 0 Å². The molecule has 0 amide bonds. The lowest BCUT2D eigenvalue weighted by Crippen LogP contribution is -2.18. The Morgan fingerprint density at radius 1 is 0.581 bits per heavy atom. The zero-order chi connectivity index (χ0) is 28.1. The topological polar surface area (TPSA) is 0 Å². The average Bonchev–Trinajstić information content (AvgIpc) is 3.45. The summed E-state index contributed by atoms with van der Waals surface area (Å²) in [5.41, 5.74) is 7.17. The molecule has 0 bridgehead atoms. The Morgan fingerprint density at radius 2 is 1.23 bits per heavy atom. The minimum atomic E-state index is 0.421. The van der Waals surface area contributed by atoms with E-state index in [1.807, 2.05) is 0 Å². The summed E-state index contributed by atoms with van der Waals surface area (Å²) in [6.45, 7) is 0. The highest BCUT2D eigenvalue weighted by Gasteiger charge is 2.38. The zero-order valence-electron chi connectivity index (χ0n) is 23.7. The molecule has 43 heavy (non-hydrogen) atoms. The second-order valence-electron chi connectivity index (χ2n) is 12.2. The van der Waals surface area contributed by atoms with Crippen LogP contribution < -0.4 is 0 Å². The van der Waals surface area contributed by atoms with Gasteiger partial charge in [0.05, 0.1) is 0 Å². The lowest BCUT2D eigenvalue weighted by Gasteiger charge is -2.28. The van der Waals surface area contributed by atoms with Crippen LogP contribution in [0, 0.1) is 5.92 Å². The van der Waals surface area contributed by atoms with Gasteiger partial charge in [0.2, 0.25) is 0 Å². The van der Waals surface area contributed by atoms with Crippen molar-refractivity contribution in [2.45, 2.75) is 18.1 Å². The molecule has 1 unspecified atom stereocenters. The molecular formula is C42H28S. The summed E-state index contributed by atoms with van der Waals surface area (Å²) in [6, 6.07) is 38.9. The number of allylic oxidation sites excluding steroid dienone is 6. The van der Waals surface area contributed by atoms with Crippen LogP contribution in [-0.4, -0.2) is 5.25 Å². The van der Waals surface area contributed by atoms with E-state index in [1.54, 1.807) is 5.57 Å². The minimum Gasteiger partial charge on any atom is -0.117 e. The van der Waals surface area contributed by atoms with E-state index in [0.717, 1.165) is 6.42 Å². The average molecular weight is 565 g/mol. The molecule has 10 rings (SSSR count). The molecule has 0 N–H and O–H groups in total. The molecule has 1 heteroatoms. The molecule has 0 aromatic heterocycles. The molecule has 1 aliphatic heterocycles. The summed E-state index contributed by atoms with van der Waals surface area (Å²) in [4.78, 5) is 1.50. The van der Waals surface area contributed by atoms with Crippen molar-refractivity contribution in [2.24, 2.45) is 5.92 Å². The van der Waals surface area contributed by atoms with E-state index in [1.165, 1.54) is 87.5 Å². The fourth-order valence-corrected chi connectivity index (χ4v) is 9.82. The first kappa shape index (κ1) is 23.9. The van der Waals surface area contributed by atoms with Crippen molar-refractivity contribution >= 4 is 71.2 Å². The fourth-order valence-electron chi connectivity index (χ4n) is 8.25. The van der Waals surface area contributed by atoms with Crippen molar-refractivity contribution < 1.29 is 0 Å². The monoisotopic (exact) mass is 564 g/mol. The van der Waals surface area contributed by atoms with Crippen LogP contribution in [0.5, 0.6) is 0 Å². The quantitative estimate of drug-likeness (QED) is 0.149. The van der Waals surface area contributed by atoms with Gasteiger partial charge in [0, 0.05) is 16.1 Å². The van der Waals surface area contributed by atoms with Crippen molar-refractivity contribution in [3.05, 3.63) is 150 Å². The zero-order valence-corrected chi connectivity index (χ0v) is 24.5. The van der Waals surface area contributed by atoms with Gasteiger partial charge in [0.15, 0.2) is 0 Å². The molecular weight excluding hydrogens is 537 g/mol. The molecule has 0 saturated heterocycles. The van der Waals surface area contributed by atoms with Gasteiger partial charge >= 0.3 is 0 Å².